The molecular formula is C24H29NO8S. The van der Waals surface area contributed by atoms with E-state index in [1.807, 2.05) is 6.92 Å². The van der Waals surface area contributed by atoms with Crippen LogP contribution in [-0.4, -0.2) is 65.0 Å². The molecule has 0 spiro atoms. The SMILES string of the molecule is CCOc1ccc(S(=O)(=O)N2CCC(C(=O)OCC(=O)c3ccc(OC)cc3OC)CC2)cc1. The molecule has 1 aliphatic rings. The summed E-state index contributed by atoms with van der Waals surface area (Å²) in [5.41, 5.74) is 0.285. The van der Waals surface area contributed by atoms with Crippen molar-refractivity contribution in [2.45, 2.75) is 24.7 Å². The van der Waals surface area contributed by atoms with E-state index < -0.39 is 34.3 Å². The number of ether oxygens (including phenoxy) is 4. The Bertz CT molecular complexity index is 1110. The average molecular weight is 492 g/mol. The van der Waals surface area contributed by atoms with E-state index in [2.05, 4.69) is 0 Å². The molecule has 3 rings (SSSR count). The fraction of sp³-hybridized carbons (Fsp3) is 0.417. The van der Waals surface area contributed by atoms with Gasteiger partial charge in [-0.1, -0.05) is 0 Å². The molecule has 0 radical (unpaired) electrons. The minimum Gasteiger partial charge on any atom is -0.497 e. The van der Waals surface area contributed by atoms with Crippen molar-refractivity contribution in [2.24, 2.45) is 5.92 Å². The maximum Gasteiger partial charge on any atom is 0.309 e. The van der Waals surface area contributed by atoms with Gasteiger partial charge in [0.1, 0.15) is 17.2 Å². The lowest BCUT2D eigenvalue weighted by atomic mass is 9.98. The zero-order valence-corrected chi connectivity index (χ0v) is 20.3. The molecule has 1 heterocycles. The Morgan fingerprint density at radius 1 is 0.971 bits per heavy atom. The first-order valence-corrected chi connectivity index (χ1v) is 12.4. The van der Waals surface area contributed by atoms with Gasteiger partial charge in [0.15, 0.2) is 6.61 Å². The second kappa shape index (κ2) is 11.3. The molecule has 0 saturated carbocycles. The molecule has 0 atom stereocenters. The molecule has 1 saturated heterocycles. The number of esters is 1. The number of benzene rings is 2. The molecule has 0 unspecified atom stereocenters. The fourth-order valence-electron chi connectivity index (χ4n) is 3.72. The average Bonchev–Trinajstić information content (AvgIpc) is 2.87. The highest BCUT2D eigenvalue weighted by Crippen LogP contribution is 2.27. The van der Waals surface area contributed by atoms with Crippen LogP contribution >= 0.6 is 0 Å². The summed E-state index contributed by atoms with van der Waals surface area (Å²) in [7, 11) is -0.727. The van der Waals surface area contributed by atoms with Gasteiger partial charge < -0.3 is 18.9 Å². The lowest BCUT2D eigenvalue weighted by Crippen LogP contribution is -2.40. The van der Waals surface area contributed by atoms with Gasteiger partial charge in [-0.2, -0.15) is 4.31 Å². The van der Waals surface area contributed by atoms with E-state index in [-0.39, 0.29) is 23.5 Å². The van der Waals surface area contributed by atoms with Crippen LogP contribution in [0.3, 0.4) is 0 Å². The van der Waals surface area contributed by atoms with Crippen LogP contribution in [0.1, 0.15) is 30.1 Å². The van der Waals surface area contributed by atoms with Crippen molar-refractivity contribution in [3.8, 4) is 17.2 Å². The van der Waals surface area contributed by atoms with Gasteiger partial charge in [-0.15, -0.1) is 0 Å². The van der Waals surface area contributed by atoms with E-state index in [0.717, 1.165) is 0 Å². The number of carbonyl (C=O) groups is 2. The lowest BCUT2D eigenvalue weighted by Gasteiger charge is -2.30. The molecule has 184 valence electrons. The standard InChI is InChI=1S/C24H29NO8S/c1-4-32-18-5-8-20(9-6-18)34(28,29)25-13-11-17(12-14-25)24(27)33-16-22(26)21-10-7-19(30-2)15-23(21)31-3/h5-10,15,17H,4,11-14,16H2,1-3H3. The Morgan fingerprint density at radius 3 is 2.21 bits per heavy atom. The van der Waals surface area contributed by atoms with Gasteiger partial charge in [0.05, 0.1) is 37.2 Å². The molecular weight excluding hydrogens is 462 g/mol. The monoisotopic (exact) mass is 491 g/mol. The van der Waals surface area contributed by atoms with Crippen molar-refractivity contribution in [3.05, 3.63) is 48.0 Å². The third-order valence-corrected chi connectivity index (χ3v) is 7.53. The highest BCUT2D eigenvalue weighted by atomic mass is 32.2. The summed E-state index contributed by atoms with van der Waals surface area (Å²) in [6, 6.07) is 11.0. The number of rotatable bonds is 10. The van der Waals surface area contributed by atoms with Crippen molar-refractivity contribution < 1.29 is 37.0 Å². The molecule has 0 bridgehead atoms. The highest BCUT2D eigenvalue weighted by Gasteiger charge is 2.33. The Balaban J connectivity index is 1.54. The number of methoxy groups -OCH3 is 2. The van der Waals surface area contributed by atoms with Gasteiger partial charge in [0.2, 0.25) is 15.8 Å². The third kappa shape index (κ3) is 5.87. The zero-order valence-electron chi connectivity index (χ0n) is 19.5. The summed E-state index contributed by atoms with van der Waals surface area (Å²) >= 11 is 0. The predicted molar refractivity (Wildman–Crippen MR) is 124 cm³/mol. The van der Waals surface area contributed by atoms with Gasteiger partial charge >= 0.3 is 5.97 Å². The molecule has 9 nitrogen and oxygen atoms in total. The molecule has 10 heteroatoms. The maximum atomic E-state index is 12.9. The van der Waals surface area contributed by atoms with E-state index in [1.165, 1.54) is 30.7 Å². The first kappa shape index (κ1) is 25.5. The van der Waals surface area contributed by atoms with Crippen molar-refractivity contribution in [1.82, 2.24) is 4.31 Å². The van der Waals surface area contributed by atoms with Crippen LogP contribution in [0.5, 0.6) is 17.2 Å². The summed E-state index contributed by atoms with van der Waals surface area (Å²) < 4.78 is 48.1. The minimum absolute atomic E-state index is 0.177. The first-order valence-electron chi connectivity index (χ1n) is 10.9. The molecule has 2 aromatic rings. The molecule has 1 aliphatic heterocycles. The maximum absolute atomic E-state index is 12.9. The van der Waals surface area contributed by atoms with Crippen LogP contribution in [0.4, 0.5) is 0 Å². The van der Waals surface area contributed by atoms with Crippen LogP contribution in [0, 0.1) is 5.92 Å². The Hall–Kier alpha value is -3.11. The van der Waals surface area contributed by atoms with Crippen LogP contribution < -0.4 is 14.2 Å². The van der Waals surface area contributed by atoms with E-state index in [4.69, 9.17) is 18.9 Å². The van der Waals surface area contributed by atoms with E-state index in [1.54, 1.807) is 30.3 Å². The number of piperidine rings is 1. The topological polar surface area (TPSA) is 108 Å². The van der Waals surface area contributed by atoms with Crippen molar-refractivity contribution in [1.29, 1.82) is 0 Å². The van der Waals surface area contributed by atoms with Crippen molar-refractivity contribution in [2.75, 3.05) is 40.5 Å². The van der Waals surface area contributed by atoms with Gasteiger partial charge in [0, 0.05) is 19.2 Å². The zero-order chi connectivity index (χ0) is 24.7. The van der Waals surface area contributed by atoms with Crippen molar-refractivity contribution >= 4 is 21.8 Å². The van der Waals surface area contributed by atoms with Crippen molar-refractivity contribution in [3.63, 3.8) is 0 Å². The molecule has 2 aromatic carbocycles. The quantitative estimate of drug-likeness (QED) is 0.369. The van der Waals surface area contributed by atoms with Crippen LogP contribution in [0.25, 0.3) is 0 Å². The number of sulfonamides is 1. The van der Waals surface area contributed by atoms with Crippen LogP contribution in [-0.2, 0) is 19.6 Å². The highest BCUT2D eigenvalue weighted by molar-refractivity contribution is 7.89. The van der Waals surface area contributed by atoms with E-state index in [0.29, 0.717) is 36.7 Å². The van der Waals surface area contributed by atoms with E-state index in [9.17, 15) is 18.0 Å². The normalized spacial score (nSPS) is 14.9. The van der Waals surface area contributed by atoms with Crippen LogP contribution in [0.15, 0.2) is 47.4 Å². The first-order chi connectivity index (χ1) is 16.3. The number of hydrogen-bond acceptors (Lipinski definition) is 8. The van der Waals surface area contributed by atoms with Crippen LogP contribution in [0.2, 0.25) is 0 Å². The molecule has 0 N–H and O–H groups in total. The molecule has 0 amide bonds. The summed E-state index contributed by atoms with van der Waals surface area (Å²) in [4.78, 5) is 25.2. The predicted octanol–water partition coefficient (Wildman–Crippen LogP) is 2.93. The number of nitrogens with zero attached hydrogens (tertiary/aromatic N) is 1. The number of ketones is 1. The Labute approximate surface area is 199 Å². The second-order valence-electron chi connectivity index (χ2n) is 7.68. The van der Waals surface area contributed by atoms with Gasteiger partial charge in [-0.05, 0) is 56.2 Å². The number of Topliss-reactive ketones (excluding diaryl/α,β-unsaturated/α-hetero) is 1. The number of hydrogen-bond donors (Lipinski definition) is 0. The van der Waals surface area contributed by atoms with Gasteiger partial charge in [0.25, 0.3) is 0 Å². The Kier molecular flexibility index (Phi) is 8.51. The largest absolute Gasteiger partial charge is 0.497 e. The molecule has 0 aliphatic carbocycles. The molecule has 1 fully saturated rings. The summed E-state index contributed by atoms with van der Waals surface area (Å²) in [5.74, 6) is 0.0786. The minimum atomic E-state index is -3.67. The molecule has 0 aromatic heterocycles. The summed E-state index contributed by atoms with van der Waals surface area (Å²) in [6.07, 6.45) is 0.629. The lowest BCUT2D eigenvalue weighted by molar-refractivity contribution is -0.148. The second-order valence-corrected chi connectivity index (χ2v) is 9.62. The van der Waals surface area contributed by atoms with Gasteiger partial charge in [-0.25, -0.2) is 8.42 Å². The number of carbonyl (C=O) groups excluding carboxylic acids is 2. The van der Waals surface area contributed by atoms with E-state index >= 15 is 0 Å². The summed E-state index contributed by atoms with van der Waals surface area (Å²) in [6.45, 7) is 2.30. The molecule has 34 heavy (non-hydrogen) atoms. The fourth-order valence-corrected chi connectivity index (χ4v) is 5.19. The smallest absolute Gasteiger partial charge is 0.309 e. The summed E-state index contributed by atoms with van der Waals surface area (Å²) in [5, 5.41) is 0. The van der Waals surface area contributed by atoms with Gasteiger partial charge in [-0.3, -0.25) is 9.59 Å². The Morgan fingerprint density at radius 2 is 1.62 bits per heavy atom. The third-order valence-electron chi connectivity index (χ3n) is 5.61.